The van der Waals surface area contributed by atoms with E-state index in [0.29, 0.717) is 17.3 Å². The summed E-state index contributed by atoms with van der Waals surface area (Å²) in [7, 11) is -3.99. The molecule has 182 valence electrons. The first-order valence-corrected chi connectivity index (χ1v) is 13.3. The molecule has 2 heterocycles. The van der Waals surface area contributed by atoms with Crippen molar-refractivity contribution in [2.75, 3.05) is 4.72 Å². The number of benzene rings is 3. The lowest BCUT2D eigenvalue weighted by Crippen LogP contribution is -2.36. The van der Waals surface area contributed by atoms with Crippen molar-refractivity contribution in [3.05, 3.63) is 102 Å². The standard InChI is InChI=1S/C28H26N4O3S/c1-2-21(18-22-17-20-9-3-5-13-24(20)30-22)31-28(33)23-12-4-6-14-25(23)32-36(34,35)26-15-7-10-19-11-8-16-29-27(19)26/h3-17,21,30,32H,2,18H2,1H3,(H,31,33). The number of amides is 1. The van der Waals surface area contributed by atoms with E-state index in [1.165, 1.54) is 6.07 Å². The van der Waals surface area contributed by atoms with Gasteiger partial charge in [-0.2, -0.15) is 0 Å². The first kappa shape index (κ1) is 23.6. The van der Waals surface area contributed by atoms with Gasteiger partial charge in [-0.25, -0.2) is 8.42 Å². The van der Waals surface area contributed by atoms with Gasteiger partial charge in [0.15, 0.2) is 0 Å². The van der Waals surface area contributed by atoms with Crippen LogP contribution in [-0.2, 0) is 16.4 Å². The fourth-order valence-corrected chi connectivity index (χ4v) is 5.59. The Bertz CT molecular complexity index is 1620. The molecule has 3 N–H and O–H groups in total. The number of para-hydroxylation sites is 3. The Morgan fingerprint density at radius 2 is 1.69 bits per heavy atom. The molecule has 3 aromatic carbocycles. The number of hydrogen-bond donors (Lipinski definition) is 3. The van der Waals surface area contributed by atoms with E-state index in [1.807, 2.05) is 31.2 Å². The molecule has 0 bridgehead atoms. The number of nitrogens with zero attached hydrogens (tertiary/aromatic N) is 1. The number of aromatic amines is 1. The smallest absolute Gasteiger partial charge is 0.264 e. The van der Waals surface area contributed by atoms with Crippen LogP contribution in [-0.4, -0.2) is 30.3 Å². The molecule has 1 amide bonds. The summed E-state index contributed by atoms with van der Waals surface area (Å²) >= 11 is 0. The molecule has 0 spiro atoms. The van der Waals surface area contributed by atoms with E-state index in [1.54, 1.807) is 54.7 Å². The fourth-order valence-electron chi connectivity index (χ4n) is 4.33. The minimum Gasteiger partial charge on any atom is -0.358 e. The van der Waals surface area contributed by atoms with Crippen molar-refractivity contribution in [2.24, 2.45) is 0 Å². The number of carbonyl (C=O) groups excluding carboxylic acids is 1. The van der Waals surface area contributed by atoms with Crippen molar-refractivity contribution in [3.8, 4) is 0 Å². The van der Waals surface area contributed by atoms with Gasteiger partial charge in [-0.3, -0.25) is 14.5 Å². The van der Waals surface area contributed by atoms with Gasteiger partial charge in [-0.05, 0) is 48.2 Å². The number of hydrogen-bond acceptors (Lipinski definition) is 4. The topological polar surface area (TPSA) is 104 Å². The second-order valence-electron chi connectivity index (χ2n) is 8.65. The summed E-state index contributed by atoms with van der Waals surface area (Å²) in [6.07, 6.45) is 2.91. The summed E-state index contributed by atoms with van der Waals surface area (Å²) in [5, 5.41) is 4.90. The van der Waals surface area contributed by atoms with E-state index in [9.17, 15) is 13.2 Å². The summed E-state index contributed by atoms with van der Waals surface area (Å²) in [5.41, 5.74) is 2.92. The van der Waals surface area contributed by atoms with Gasteiger partial charge in [0.2, 0.25) is 0 Å². The molecule has 5 rings (SSSR count). The van der Waals surface area contributed by atoms with Crippen molar-refractivity contribution < 1.29 is 13.2 Å². The zero-order chi connectivity index (χ0) is 25.1. The Morgan fingerprint density at radius 1 is 0.944 bits per heavy atom. The van der Waals surface area contributed by atoms with Crippen LogP contribution < -0.4 is 10.0 Å². The molecule has 0 saturated heterocycles. The van der Waals surface area contributed by atoms with Crippen LogP contribution >= 0.6 is 0 Å². The van der Waals surface area contributed by atoms with Gasteiger partial charge in [0, 0.05) is 35.3 Å². The van der Waals surface area contributed by atoms with E-state index in [2.05, 4.69) is 26.1 Å². The van der Waals surface area contributed by atoms with Crippen molar-refractivity contribution in [1.82, 2.24) is 15.3 Å². The molecule has 0 aliphatic carbocycles. The fraction of sp³-hybridized carbons (Fsp3) is 0.143. The van der Waals surface area contributed by atoms with E-state index in [4.69, 9.17) is 0 Å². The van der Waals surface area contributed by atoms with Crippen LogP contribution in [0, 0.1) is 0 Å². The number of pyridine rings is 1. The molecule has 2 aromatic heterocycles. The molecular formula is C28H26N4O3S. The molecule has 0 fully saturated rings. The van der Waals surface area contributed by atoms with Crippen molar-refractivity contribution in [2.45, 2.75) is 30.7 Å². The van der Waals surface area contributed by atoms with Gasteiger partial charge in [-0.1, -0.05) is 55.5 Å². The summed E-state index contributed by atoms with van der Waals surface area (Å²) < 4.78 is 29.2. The third-order valence-electron chi connectivity index (χ3n) is 6.18. The number of anilines is 1. The van der Waals surface area contributed by atoms with E-state index in [-0.39, 0.29) is 28.1 Å². The Morgan fingerprint density at radius 3 is 2.53 bits per heavy atom. The monoisotopic (exact) mass is 498 g/mol. The average molecular weight is 499 g/mol. The molecule has 0 radical (unpaired) electrons. The number of H-pyrrole nitrogens is 1. The third kappa shape index (κ3) is 4.81. The highest BCUT2D eigenvalue weighted by Crippen LogP contribution is 2.25. The Hall–Kier alpha value is -4.17. The van der Waals surface area contributed by atoms with Crippen LogP contribution in [0.25, 0.3) is 21.8 Å². The van der Waals surface area contributed by atoms with Crippen LogP contribution in [0.3, 0.4) is 0 Å². The van der Waals surface area contributed by atoms with Crippen LogP contribution in [0.1, 0.15) is 29.4 Å². The number of nitrogens with one attached hydrogen (secondary N) is 3. The van der Waals surface area contributed by atoms with Gasteiger partial charge in [-0.15, -0.1) is 0 Å². The van der Waals surface area contributed by atoms with Crippen LogP contribution in [0.15, 0.2) is 96.0 Å². The SMILES string of the molecule is CCC(Cc1cc2ccccc2[nH]1)NC(=O)c1ccccc1NS(=O)(=O)c1cccc2cccnc12. The highest BCUT2D eigenvalue weighted by Gasteiger charge is 2.22. The van der Waals surface area contributed by atoms with Gasteiger partial charge >= 0.3 is 0 Å². The summed E-state index contributed by atoms with van der Waals surface area (Å²) in [6.45, 7) is 2.01. The van der Waals surface area contributed by atoms with Crippen molar-refractivity contribution in [3.63, 3.8) is 0 Å². The maximum absolute atomic E-state index is 13.3. The molecule has 8 heteroatoms. The minimum atomic E-state index is -3.99. The second-order valence-corrected chi connectivity index (χ2v) is 10.3. The van der Waals surface area contributed by atoms with Crippen LogP contribution in [0.5, 0.6) is 0 Å². The normalized spacial score (nSPS) is 12.5. The predicted molar refractivity (Wildman–Crippen MR) is 143 cm³/mol. The van der Waals surface area contributed by atoms with E-state index < -0.39 is 10.0 Å². The quantitative estimate of drug-likeness (QED) is 0.271. The Labute approximate surface area is 209 Å². The van der Waals surface area contributed by atoms with Gasteiger partial charge in [0.05, 0.1) is 16.8 Å². The van der Waals surface area contributed by atoms with Crippen molar-refractivity contribution >= 4 is 43.4 Å². The summed E-state index contributed by atoms with van der Waals surface area (Å²) in [6, 6.07) is 25.2. The number of fused-ring (bicyclic) bond motifs is 2. The molecule has 0 aliphatic heterocycles. The molecule has 36 heavy (non-hydrogen) atoms. The lowest BCUT2D eigenvalue weighted by atomic mass is 10.1. The second kappa shape index (κ2) is 9.83. The molecular weight excluding hydrogens is 472 g/mol. The Balaban J connectivity index is 1.37. The maximum atomic E-state index is 13.3. The van der Waals surface area contributed by atoms with E-state index >= 15 is 0 Å². The molecule has 1 atom stereocenters. The van der Waals surface area contributed by atoms with Crippen molar-refractivity contribution in [1.29, 1.82) is 0 Å². The largest absolute Gasteiger partial charge is 0.358 e. The maximum Gasteiger partial charge on any atom is 0.264 e. The first-order chi connectivity index (χ1) is 17.4. The Kier molecular flexibility index (Phi) is 6.43. The minimum absolute atomic E-state index is 0.0565. The van der Waals surface area contributed by atoms with E-state index in [0.717, 1.165) is 23.0 Å². The lowest BCUT2D eigenvalue weighted by molar-refractivity contribution is 0.0936. The average Bonchev–Trinajstić information content (AvgIpc) is 3.30. The van der Waals surface area contributed by atoms with Crippen LogP contribution in [0.2, 0.25) is 0 Å². The summed E-state index contributed by atoms with van der Waals surface area (Å²) in [4.78, 5) is 21.0. The number of rotatable bonds is 8. The number of sulfonamides is 1. The lowest BCUT2D eigenvalue weighted by Gasteiger charge is -2.18. The zero-order valence-electron chi connectivity index (χ0n) is 19.7. The zero-order valence-corrected chi connectivity index (χ0v) is 20.5. The highest BCUT2D eigenvalue weighted by molar-refractivity contribution is 7.93. The predicted octanol–water partition coefficient (Wildman–Crippen LogP) is 5.27. The molecule has 1 unspecified atom stereocenters. The van der Waals surface area contributed by atoms with Gasteiger partial charge in [0.25, 0.3) is 15.9 Å². The third-order valence-corrected chi connectivity index (χ3v) is 7.58. The number of aromatic nitrogens is 2. The van der Waals surface area contributed by atoms with Crippen LogP contribution in [0.4, 0.5) is 5.69 Å². The number of carbonyl (C=O) groups is 1. The molecule has 0 aliphatic rings. The first-order valence-electron chi connectivity index (χ1n) is 11.8. The van der Waals surface area contributed by atoms with Gasteiger partial charge in [0.1, 0.15) is 4.90 Å². The molecule has 7 nitrogen and oxygen atoms in total. The summed E-state index contributed by atoms with van der Waals surface area (Å²) in [5.74, 6) is -0.340. The molecule has 5 aromatic rings. The van der Waals surface area contributed by atoms with Gasteiger partial charge < -0.3 is 10.3 Å². The highest BCUT2D eigenvalue weighted by atomic mass is 32.2. The molecule has 0 saturated carbocycles.